The molecule has 0 spiro atoms. The Hall–Kier alpha value is -2.81. The van der Waals surface area contributed by atoms with Crippen molar-refractivity contribution in [2.45, 2.75) is 18.6 Å². The van der Waals surface area contributed by atoms with E-state index in [-0.39, 0.29) is 23.5 Å². The number of thioether (sulfide) groups is 1. The number of aryl methyl sites for hydroxylation is 3. The molecular weight excluding hydrogens is 356 g/mol. The van der Waals surface area contributed by atoms with Gasteiger partial charge in [-0.05, 0) is 18.1 Å². The van der Waals surface area contributed by atoms with Crippen LogP contribution in [-0.2, 0) is 25.4 Å². The van der Waals surface area contributed by atoms with Crippen LogP contribution in [0.1, 0.15) is 11.1 Å². The van der Waals surface area contributed by atoms with Crippen molar-refractivity contribution in [1.29, 1.82) is 0 Å². The second kappa shape index (κ2) is 6.83. The van der Waals surface area contributed by atoms with Crippen LogP contribution in [-0.4, -0.2) is 35.5 Å². The van der Waals surface area contributed by atoms with E-state index in [1.807, 2.05) is 31.2 Å². The summed E-state index contributed by atoms with van der Waals surface area (Å²) in [5, 5.41) is 9.23. The molecule has 0 bridgehead atoms. The fourth-order valence-corrected chi connectivity index (χ4v) is 3.46. The van der Waals surface area contributed by atoms with Crippen LogP contribution in [0.15, 0.2) is 39.0 Å². The van der Waals surface area contributed by atoms with Crippen LogP contribution < -0.4 is 11.2 Å². The van der Waals surface area contributed by atoms with Crippen molar-refractivity contribution in [3.8, 4) is 0 Å². The maximum Gasteiger partial charge on any atom is 0.332 e. The first-order valence-electron chi connectivity index (χ1n) is 7.86. The molecule has 0 amide bonds. The molecule has 0 aliphatic heterocycles. The summed E-state index contributed by atoms with van der Waals surface area (Å²) < 4.78 is 4.04. The molecule has 0 atom stereocenters. The minimum absolute atomic E-state index is 0.164. The van der Waals surface area contributed by atoms with Crippen molar-refractivity contribution < 1.29 is 9.90 Å². The number of rotatable bonds is 5. The van der Waals surface area contributed by atoms with Gasteiger partial charge in [0.05, 0.1) is 12.3 Å². The van der Waals surface area contributed by atoms with Crippen LogP contribution in [0.4, 0.5) is 0 Å². The molecule has 3 aromatic rings. The zero-order valence-electron chi connectivity index (χ0n) is 14.6. The minimum Gasteiger partial charge on any atom is -0.481 e. The minimum atomic E-state index is -0.979. The van der Waals surface area contributed by atoms with Crippen LogP contribution in [0.5, 0.6) is 0 Å². The van der Waals surface area contributed by atoms with Gasteiger partial charge in [0.15, 0.2) is 16.3 Å². The maximum absolute atomic E-state index is 13.0. The predicted octanol–water partition coefficient (Wildman–Crippen LogP) is 0.967. The van der Waals surface area contributed by atoms with Gasteiger partial charge in [-0.2, -0.15) is 0 Å². The third-order valence-electron chi connectivity index (χ3n) is 4.23. The molecule has 0 saturated carbocycles. The van der Waals surface area contributed by atoms with Gasteiger partial charge in [-0.1, -0.05) is 36.0 Å². The molecule has 2 aromatic heterocycles. The highest BCUT2D eigenvalue weighted by Gasteiger charge is 2.19. The summed E-state index contributed by atoms with van der Waals surface area (Å²) in [5.41, 5.74) is 1.49. The Morgan fingerprint density at radius 2 is 1.88 bits per heavy atom. The van der Waals surface area contributed by atoms with Crippen molar-refractivity contribution in [1.82, 2.24) is 18.7 Å². The smallest absolute Gasteiger partial charge is 0.332 e. The molecular formula is C17H18N4O4S. The van der Waals surface area contributed by atoms with Crippen molar-refractivity contribution in [3.63, 3.8) is 0 Å². The molecule has 0 unspecified atom stereocenters. The summed E-state index contributed by atoms with van der Waals surface area (Å²) >= 11 is 1.01. The summed E-state index contributed by atoms with van der Waals surface area (Å²) in [5.74, 6) is -1.16. The van der Waals surface area contributed by atoms with Crippen LogP contribution in [0, 0.1) is 6.92 Å². The van der Waals surface area contributed by atoms with Crippen molar-refractivity contribution in [2.75, 3.05) is 5.75 Å². The number of carboxylic acids is 1. The van der Waals surface area contributed by atoms with E-state index >= 15 is 0 Å². The Morgan fingerprint density at radius 1 is 1.19 bits per heavy atom. The Morgan fingerprint density at radius 3 is 2.54 bits per heavy atom. The normalized spacial score (nSPS) is 11.2. The standard InChI is InChI=1S/C17H18N4O4S/c1-10-6-4-5-7-11(10)8-21-15(24)13-14(20(3)17(21)25)18-16(19(13)2)26-9-12(22)23/h4-7H,8-9H2,1-3H3,(H,22,23). The van der Waals surface area contributed by atoms with Crippen LogP contribution in [0.3, 0.4) is 0 Å². The van der Waals surface area contributed by atoms with Gasteiger partial charge in [0, 0.05) is 14.1 Å². The summed E-state index contributed by atoms with van der Waals surface area (Å²) in [6.07, 6.45) is 0. The molecule has 9 heteroatoms. The fraction of sp³-hybridized carbons (Fsp3) is 0.294. The lowest BCUT2D eigenvalue weighted by atomic mass is 10.1. The number of hydrogen-bond donors (Lipinski definition) is 1. The average molecular weight is 374 g/mol. The Bertz CT molecular complexity index is 1130. The molecule has 0 fully saturated rings. The zero-order chi connectivity index (χ0) is 19.0. The van der Waals surface area contributed by atoms with Crippen LogP contribution in [0.25, 0.3) is 11.2 Å². The number of benzene rings is 1. The van der Waals surface area contributed by atoms with E-state index in [0.29, 0.717) is 5.16 Å². The van der Waals surface area contributed by atoms with E-state index in [1.54, 1.807) is 18.7 Å². The topological polar surface area (TPSA) is 99.1 Å². The first-order valence-corrected chi connectivity index (χ1v) is 8.85. The van der Waals surface area contributed by atoms with Gasteiger partial charge in [-0.25, -0.2) is 9.78 Å². The largest absolute Gasteiger partial charge is 0.481 e. The molecule has 0 aliphatic rings. The molecule has 0 saturated heterocycles. The third kappa shape index (κ3) is 3.05. The van der Waals surface area contributed by atoms with Crippen LogP contribution in [0.2, 0.25) is 0 Å². The van der Waals surface area contributed by atoms with E-state index < -0.39 is 17.2 Å². The Balaban J connectivity index is 2.18. The second-order valence-electron chi connectivity index (χ2n) is 5.97. The van der Waals surface area contributed by atoms with Gasteiger partial charge in [-0.3, -0.25) is 18.7 Å². The maximum atomic E-state index is 13.0. The molecule has 136 valence electrons. The SMILES string of the molecule is Cc1ccccc1Cn1c(=O)c2c(nc(SCC(=O)O)n2C)n(C)c1=O. The van der Waals surface area contributed by atoms with Gasteiger partial charge in [0.1, 0.15) is 0 Å². The van der Waals surface area contributed by atoms with Gasteiger partial charge >= 0.3 is 11.7 Å². The van der Waals surface area contributed by atoms with Crippen LogP contribution >= 0.6 is 11.8 Å². The van der Waals surface area contributed by atoms with Gasteiger partial charge in [-0.15, -0.1) is 0 Å². The second-order valence-corrected chi connectivity index (χ2v) is 6.91. The number of nitrogens with zero attached hydrogens (tertiary/aromatic N) is 4. The quantitative estimate of drug-likeness (QED) is 0.668. The van der Waals surface area contributed by atoms with E-state index in [9.17, 15) is 14.4 Å². The molecule has 2 heterocycles. The number of fused-ring (bicyclic) bond motifs is 1. The fourth-order valence-electron chi connectivity index (χ4n) is 2.78. The lowest BCUT2D eigenvalue weighted by molar-refractivity contribution is -0.133. The number of aliphatic carboxylic acids is 1. The third-order valence-corrected chi connectivity index (χ3v) is 5.25. The summed E-state index contributed by atoms with van der Waals surface area (Å²) in [6, 6.07) is 7.56. The first kappa shape index (κ1) is 18.0. The Labute approximate surface area is 152 Å². The predicted molar refractivity (Wildman–Crippen MR) is 98.9 cm³/mol. The van der Waals surface area contributed by atoms with Crippen molar-refractivity contribution in [2.24, 2.45) is 14.1 Å². The molecule has 0 aliphatic carbocycles. The number of carboxylic acid groups (broad SMARTS) is 1. The molecule has 8 nitrogen and oxygen atoms in total. The van der Waals surface area contributed by atoms with Gasteiger partial charge in [0.25, 0.3) is 5.56 Å². The number of carbonyl (C=O) groups is 1. The number of imidazole rings is 1. The lowest BCUT2D eigenvalue weighted by Gasteiger charge is -2.10. The highest BCUT2D eigenvalue weighted by molar-refractivity contribution is 7.99. The van der Waals surface area contributed by atoms with E-state index in [2.05, 4.69) is 4.98 Å². The highest BCUT2D eigenvalue weighted by Crippen LogP contribution is 2.20. The monoisotopic (exact) mass is 374 g/mol. The molecule has 1 aromatic carbocycles. The van der Waals surface area contributed by atoms with E-state index in [1.165, 1.54) is 9.13 Å². The summed E-state index contributed by atoms with van der Waals surface area (Å²) in [4.78, 5) is 40.7. The zero-order valence-corrected chi connectivity index (χ0v) is 15.4. The van der Waals surface area contributed by atoms with Gasteiger partial charge in [0.2, 0.25) is 0 Å². The lowest BCUT2D eigenvalue weighted by Crippen LogP contribution is -2.40. The van der Waals surface area contributed by atoms with E-state index in [0.717, 1.165) is 22.9 Å². The van der Waals surface area contributed by atoms with Crippen molar-refractivity contribution >= 4 is 28.9 Å². The number of aromatic nitrogens is 4. The van der Waals surface area contributed by atoms with E-state index in [4.69, 9.17) is 5.11 Å². The number of hydrogen-bond acceptors (Lipinski definition) is 5. The first-order chi connectivity index (χ1) is 12.3. The molecule has 3 rings (SSSR count). The van der Waals surface area contributed by atoms with Crippen molar-refractivity contribution in [3.05, 3.63) is 56.2 Å². The molecule has 1 N–H and O–H groups in total. The highest BCUT2D eigenvalue weighted by atomic mass is 32.2. The molecule has 0 radical (unpaired) electrons. The van der Waals surface area contributed by atoms with Gasteiger partial charge < -0.3 is 9.67 Å². The molecule has 26 heavy (non-hydrogen) atoms. The summed E-state index contributed by atoms with van der Waals surface area (Å²) in [7, 11) is 3.20. The average Bonchev–Trinajstić information content (AvgIpc) is 2.93. The Kier molecular flexibility index (Phi) is 4.73. The summed E-state index contributed by atoms with van der Waals surface area (Å²) in [6.45, 7) is 2.09.